The molecule has 2 aliphatic rings. The van der Waals surface area contributed by atoms with Crippen LogP contribution in [0.2, 0.25) is 0 Å². The Hall–Kier alpha value is -2.51. The molecule has 7 heteroatoms. The van der Waals surface area contributed by atoms with Gasteiger partial charge in [0.25, 0.3) is 5.91 Å². The van der Waals surface area contributed by atoms with Gasteiger partial charge in [-0.3, -0.25) is 9.69 Å². The minimum atomic E-state index is -0.956. The average Bonchev–Trinajstić information content (AvgIpc) is 3.28. The highest BCUT2D eigenvalue weighted by Gasteiger charge is 2.47. The number of aliphatic hydroxyl groups is 1. The van der Waals surface area contributed by atoms with Crippen LogP contribution < -0.4 is 4.90 Å². The second-order valence-corrected chi connectivity index (χ2v) is 8.61. The quantitative estimate of drug-likeness (QED) is 0.833. The smallest absolute Gasteiger partial charge is 0.257 e. The SMILES string of the molecule is Cc1nc(N(C)C)ncc1C(=O)N1CC[C@](O)(c2ccccc2)[C@H](N2CCCC2)C1. The molecule has 2 aliphatic heterocycles. The van der Waals surface area contributed by atoms with E-state index in [1.54, 1.807) is 6.20 Å². The molecule has 1 N–H and O–H groups in total. The molecule has 0 aliphatic carbocycles. The Kier molecular flexibility index (Phi) is 5.75. The van der Waals surface area contributed by atoms with Crippen LogP contribution in [-0.4, -0.2) is 77.1 Å². The predicted molar refractivity (Wildman–Crippen MR) is 117 cm³/mol. The van der Waals surface area contributed by atoms with Gasteiger partial charge in [0.1, 0.15) is 5.60 Å². The lowest BCUT2D eigenvalue weighted by Gasteiger charge is -2.48. The maximum Gasteiger partial charge on any atom is 0.257 e. The predicted octanol–water partition coefficient (Wildman–Crippen LogP) is 2.05. The number of aryl methyl sites for hydroxylation is 1. The second-order valence-electron chi connectivity index (χ2n) is 8.61. The second kappa shape index (κ2) is 8.32. The summed E-state index contributed by atoms with van der Waals surface area (Å²) in [5.41, 5.74) is 1.19. The fourth-order valence-corrected chi connectivity index (χ4v) is 4.69. The van der Waals surface area contributed by atoms with Crippen molar-refractivity contribution in [3.63, 3.8) is 0 Å². The number of hydrogen-bond acceptors (Lipinski definition) is 6. The van der Waals surface area contributed by atoms with Gasteiger partial charge in [-0.2, -0.15) is 0 Å². The number of amides is 1. The third-order valence-electron chi connectivity index (χ3n) is 6.45. The molecule has 0 radical (unpaired) electrons. The first kappa shape index (κ1) is 20.8. The van der Waals surface area contributed by atoms with Crippen molar-refractivity contribution >= 4 is 11.9 Å². The number of piperidine rings is 1. The van der Waals surface area contributed by atoms with Crippen LogP contribution in [0, 0.1) is 6.92 Å². The largest absolute Gasteiger partial charge is 0.383 e. The zero-order valence-corrected chi connectivity index (χ0v) is 18.1. The first-order chi connectivity index (χ1) is 14.4. The number of rotatable bonds is 4. The Balaban J connectivity index is 1.61. The Bertz CT molecular complexity index is 898. The third-order valence-corrected chi connectivity index (χ3v) is 6.45. The third kappa shape index (κ3) is 3.79. The number of benzene rings is 1. The van der Waals surface area contributed by atoms with E-state index in [2.05, 4.69) is 14.9 Å². The van der Waals surface area contributed by atoms with Gasteiger partial charge in [-0.25, -0.2) is 9.97 Å². The standard InChI is InChI=1S/C23H31N5O2/c1-17-19(15-24-22(25-17)26(2)3)21(29)28-14-11-23(30,18-9-5-4-6-10-18)20(16-28)27-12-7-8-13-27/h4-6,9-10,15,20,30H,7-8,11-14,16H2,1-3H3/t20-,23+/m1/s1. The van der Waals surface area contributed by atoms with Crippen molar-refractivity contribution in [1.29, 1.82) is 0 Å². The normalized spacial score (nSPS) is 24.8. The van der Waals surface area contributed by atoms with Crippen molar-refractivity contribution in [3.8, 4) is 0 Å². The van der Waals surface area contributed by atoms with E-state index in [9.17, 15) is 9.90 Å². The number of carbonyl (C=O) groups excluding carboxylic acids is 1. The molecule has 0 bridgehead atoms. The van der Waals surface area contributed by atoms with Crippen LogP contribution in [0.5, 0.6) is 0 Å². The summed E-state index contributed by atoms with van der Waals surface area (Å²) in [5, 5.41) is 11.8. The van der Waals surface area contributed by atoms with Crippen molar-refractivity contribution < 1.29 is 9.90 Å². The van der Waals surface area contributed by atoms with Gasteiger partial charge < -0.3 is 14.9 Å². The first-order valence-electron chi connectivity index (χ1n) is 10.7. The molecular weight excluding hydrogens is 378 g/mol. The van der Waals surface area contributed by atoms with Gasteiger partial charge in [0.2, 0.25) is 5.95 Å². The molecule has 30 heavy (non-hydrogen) atoms. The van der Waals surface area contributed by atoms with Gasteiger partial charge in [-0.1, -0.05) is 30.3 Å². The molecule has 2 aromatic rings. The molecular formula is C23H31N5O2. The van der Waals surface area contributed by atoms with E-state index in [4.69, 9.17) is 0 Å². The van der Waals surface area contributed by atoms with Gasteiger partial charge in [0, 0.05) is 33.4 Å². The number of anilines is 1. The summed E-state index contributed by atoms with van der Waals surface area (Å²) in [4.78, 5) is 28.2. The molecule has 0 spiro atoms. The van der Waals surface area contributed by atoms with E-state index < -0.39 is 5.60 Å². The van der Waals surface area contributed by atoms with Gasteiger partial charge in [0.05, 0.1) is 17.3 Å². The van der Waals surface area contributed by atoms with Gasteiger partial charge >= 0.3 is 0 Å². The van der Waals surface area contributed by atoms with E-state index in [1.807, 2.05) is 61.2 Å². The summed E-state index contributed by atoms with van der Waals surface area (Å²) in [6.45, 7) is 4.77. The summed E-state index contributed by atoms with van der Waals surface area (Å²) in [6, 6.07) is 9.79. The van der Waals surface area contributed by atoms with Crippen molar-refractivity contribution in [2.75, 3.05) is 45.2 Å². The number of hydrogen-bond donors (Lipinski definition) is 1. The molecule has 2 saturated heterocycles. The van der Waals surface area contributed by atoms with Gasteiger partial charge in [0.15, 0.2) is 0 Å². The van der Waals surface area contributed by atoms with Gasteiger partial charge in [-0.05, 0) is 44.8 Å². The van der Waals surface area contributed by atoms with E-state index in [0.29, 0.717) is 36.7 Å². The fourth-order valence-electron chi connectivity index (χ4n) is 4.69. The molecule has 1 aromatic carbocycles. The van der Waals surface area contributed by atoms with E-state index in [1.165, 1.54) is 0 Å². The van der Waals surface area contributed by atoms with Crippen molar-refractivity contribution in [3.05, 3.63) is 53.3 Å². The molecule has 4 rings (SSSR count). The van der Waals surface area contributed by atoms with Crippen LogP contribution in [0.25, 0.3) is 0 Å². The lowest BCUT2D eigenvalue weighted by atomic mass is 9.79. The maximum absolute atomic E-state index is 13.3. The van der Waals surface area contributed by atoms with Crippen LogP contribution in [-0.2, 0) is 5.60 Å². The molecule has 0 saturated carbocycles. The summed E-state index contributed by atoms with van der Waals surface area (Å²) in [6.07, 6.45) is 4.41. The highest BCUT2D eigenvalue weighted by atomic mass is 16.3. The van der Waals surface area contributed by atoms with Crippen molar-refractivity contribution in [2.24, 2.45) is 0 Å². The lowest BCUT2D eigenvalue weighted by molar-refractivity contribution is -0.0878. The van der Waals surface area contributed by atoms with Crippen LogP contribution in [0.3, 0.4) is 0 Å². The Labute approximate surface area is 178 Å². The highest BCUT2D eigenvalue weighted by molar-refractivity contribution is 5.95. The van der Waals surface area contributed by atoms with E-state index >= 15 is 0 Å². The summed E-state index contributed by atoms with van der Waals surface area (Å²) in [7, 11) is 3.76. The highest BCUT2D eigenvalue weighted by Crippen LogP contribution is 2.37. The molecule has 2 fully saturated rings. The first-order valence-corrected chi connectivity index (χ1v) is 10.7. The fraction of sp³-hybridized carbons (Fsp3) is 0.522. The van der Waals surface area contributed by atoms with Crippen LogP contribution in [0.15, 0.2) is 36.5 Å². The zero-order chi connectivity index (χ0) is 21.3. The van der Waals surface area contributed by atoms with Crippen molar-refractivity contribution in [2.45, 2.75) is 37.8 Å². The number of aromatic nitrogens is 2. The van der Waals surface area contributed by atoms with Crippen molar-refractivity contribution in [1.82, 2.24) is 19.8 Å². The molecule has 0 unspecified atom stereocenters. The summed E-state index contributed by atoms with van der Waals surface area (Å²) in [5.74, 6) is 0.535. The van der Waals surface area contributed by atoms with Crippen LogP contribution in [0.4, 0.5) is 5.95 Å². The summed E-state index contributed by atoms with van der Waals surface area (Å²) >= 11 is 0. The minimum absolute atomic E-state index is 0.0582. The summed E-state index contributed by atoms with van der Waals surface area (Å²) < 4.78 is 0. The molecule has 3 heterocycles. The average molecular weight is 410 g/mol. The Morgan fingerprint density at radius 3 is 2.50 bits per heavy atom. The van der Waals surface area contributed by atoms with Crippen LogP contribution >= 0.6 is 0 Å². The Morgan fingerprint density at radius 1 is 1.17 bits per heavy atom. The molecule has 1 aromatic heterocycles. The van der Waals surface area contributed by atoms with E-state index in [-0.39, 0.29) is 11.9 Å². The molecule has 7 nitrogen and oxygen atoms in total. The molecule has 1 amide bonds. The minimum Gasteiger partial charge on any atom is -0.383 e. The molecule has 2 atom stereocenters. The number of nitrogens with zero attached hydrogens (tertiary/aromatic N) is 5. The zero-order valence-electron chi connectivity index (χ0n) is 18.1. The van der Waals surface area contributed by atoms with Crippen LogP contribution in [0.1, 0.15) is 40.9 Å². The number of carbonyl (C=O) groups is 1. The van der Waals surface area contributed by atoms with E-state index in [0.717, 1.165) is 31.5 Å². The molecule has 160 valence electrons. The monoisotopic (exact) mass is 409 g/mol. The Morgan fingerprint density at radius 2 is 1.87 bits per heavy atom. The lowest BCUT2D eigenvalue weighted by Crippen LogP contribution is -2.61. The number of likely N-dealkylation sites (tertiary alicyclic amines) is 2. The topological polar surface area (TPSA) is 72.8 Å². The van der Waals surface area contributed by atoms with Gasteiger partial charge in [-0.15, -0.1) is 0 Å². The maximum atomic E-state index is 13.3.